The SMILES string of the molecule is Cc1ccc(F)c2c1NC(C(=O)Nc1cccc(N3CC4CCC(C4)C3)c1)C2. The van der Waals surface area contributed by atoms with Crippen molar-refractivity contribution < 1.29 is 9.18 Å². The number of piperidine rings is 1. The van der Waals surface area contributed by atoms with E-state index < -0.39 is 6.04 Å². The van der Waals surface area contributed by atoms with Crippen LogP contribution in [0.4, 0.5) is 21.5 Å². The number of benzene rings is 2. The third-order valence-electron chi connectivity index (χ3n) is 6.59. The van der Waals surface area contributed by atoms with Gasteiger partial charge < -0.3 is 15.5 Å². The third kappa shape index (κ3) is 3.13. The lowest BCUT2D eigenvalue weighted by Crippen LogP contribution is -2.36. The van der Waals surface area contributed by atoms with Gasteiger partial charge in [0, 0.05) is 42.1 Å². The van der Waals surface area contributed by atoms with Crippen molar-refractivity contribution >= 4 is 23.0 Å². The van der Waals surface area contributed by atoms with Gasteiger partial charge in [0.05, 0.1) is 0 Å². The summed E-state index contributed by atoms with van der Waals surface area (Å²) in [6.45, 7) is 4.17. The summed E-state index contributed by atoms with van der Waals surface area (Å²) in [4.78, 5) is 15.3. The number of hydrogen-bond acceptors (Lipinski definition) is 3. The molecule has 0 radical (unpaired) electrons. The van der Waals surface area contributed by atoms with Gasteiger partial charge in [-0.2, -0.15) is 0 Å². The molecule has 1 aliphatic carbocycles. The van der Waals surface area contributed by atoms with Crippen molar-refractivity contribution in [3.8, 4) is 0 Å². The molecule has 28 heavy (non-hydrogen) atoms. The second kappa shape index (κ2) is 6.80. The van der Waals surface area contributed by atoms with E-state index in [1.807, 2.05) is 19.1 Å². The molecule has 5 rings (SSSR count). The van der Waals surface area contributed by atoms with Crippen LogP contribution >= 0.6 is 0 Å². The first-order valence-corrected chi connectivity index (χ1v) is 10.3. The minimum atomic E-state index is -0.444. The van der Waals surface area contributed by atoms with E-state index in [4.69, 9.17) is 0 Å². The summed E-state index contributed by atoms with van der Waals surface area (Å²) in [5, 5.41) is 6.22. The number of halogens is 1. The molecule has 2 aliphatic heterocycles. The Morgan fingerprint density at radius 1 is 1.18 bits per heavy atom. The van der Waals surface area contributed by atoms with Crippen molar-refractivity contribution in [3.05, 3.63) is 53.3 Å². The summed E-state index contributed by atoms with van der Waals surface area (Å²) < 4.78 is 14.1. The quantitative estimate of drug-likeness (QED) is 0.834. The Balaban J connectivity index is 1.29. The van der Waals surface area contributed by atoms with Crippen LogP contribution in [-0.4, -0.2) is 25.0 Å². The van der Waals surface area contributed by atoms with Gasteiger partial charge in [-0.25, -0.2) is 4.39 Å². The highest BCUT2D eigenvalue weighted by molar-refractivity contribution is 5.98. The van der Waals surface area contributed by atoms with E-state index in [0.717, 1.165) is 41.9 Å². The van der Waals surface area contributed by atoms with Gasteiger partial charge in [0.2, 0.25) is 5.91 Å². The molecule has 146 valence electrons. The number of hydrogen-bond donors (Lipinski definition) is 2. The molecule has 2 fully saturated rings. The van der Waals surface area contributed by atoms with Gasteiger partial charge in [-0.1, -0.05) is 12.1 Å². The summed E-state index contributed by atoms with van der Waals surface area (Å²) in [6, 6.07) is 10.9. The number of carbonyl (C=O) groups is 1. The van der Waals surface area contributed by atoms with Crippen LogP contribution in [0.5, 0.6) is 0 Å². The number of nitrogens with zero attached hydrogens (tertiary/aromatic N) is 1. The molecule has 2 N–H and O–H groups in total. The van der Waals surface area contributed by atoms with Gasteiger partial charge in [0.15, 0.2) is 0 Å². The molecule has 1 amide bonds. The first-order chi connectivity index (χ1) is 13.6. The highest BCUT2D eigenvalue weighted by atomic mass is 19.1. The first-order valence-electron chi connectivity index (χ1n) is 10.3. The van der Waals surface area contributed by atoms with Crippen LogP contribution in [0.3, 0.4) is 0 Å². The maximum Gasteiger partial charge on any atom is 0.247 e. The van der Waals surface area contributed by atoms with Crippen molar-refractivity contribution in [2.45, 2.75) is 38.6 Å². The largest absolute Gasteiger partial charge is 0.373 e. The van der Waals surface area contributed by atoms with Crippen LogP contribution in [0, 0.1) is 24.6 Å². The zero-order valence-electron chi connectivity index (χ0n) is 16.2. The topological polar surface area (TPSA) is 44.4 Å². The van der Waals surface area contributed by atoms with E-state index in [1.165, 1.54) is 31.0 Å². The number of aryl methyl sites for hydroxylation is 1. The van der Waals surface area contributed by atoms with Gasteiger partial charge in [-0.3, -0.25) is 4.79 Å². The van der Waals surface area contributed by atoms with E-state index in [-0.39, 0.29) is 11.7 Å². The van der Waals surface area contributed by atoms with Gasteiger partial charge >= 0.3 is 0 Å². The average Bonchev–Trinajstić information content (AvgIpc) is 3.29. The summed E-state index contributed by atoms with van der Waals surface area (Å²) >= 11 is 0. The molecule has 5 heteroatoms. The predicted octanol–water partition coefficient (Wildman–Crippen LogP) is 4.35. The van der Waals surface area contributed by atoms with E-state index >= 15 is 0 Å². The Morgan fingerprint density at radius 2 is 1.96 bits per heavy atom. The molecule has 1 saturated heterocycles. The number of fused-ring (bicyclic) bond motifs is 3. The summed E-state index contributed by atoms with van der Waals surface area (Å²) in [6.07, 6.45) is 4.45. The predicted molar refractivity (Wildman–Crippen MR) is 110 cm³/mol. The molecule has 3 aliphatic rings. The minimum absolute atomic E-state index is 0.120. The van der Waals surface area contributed by atoms with E-state index in [1.54, 1.807) is 6.07 Å². The molecule has 3 atom stereocenters. The number of carbonyl (C=O) groups excluding carboxylic acids is 1. The number of nitrogens with one attached hydrogen (secondary N) is 2. The monoisotopic (exact) mass is 379 g/mol. The molecular weight excluding hydrogens is 353 g/mol. The second-order valence-electron chi connectivity index (χ2n) is 8.61. The summed E-state index contributed by atoms with van der Waals surface area (Å²) in [7, 11) is 0. The van der Waals surface area contributed by atoms with Crippen LogP contribution in [0.25, 0.3) is 0 Å². The minimum Gasteiger partial charge on any atom is -0.373 e. The molecule has 0 spiro atoms. The van der Waals surface area contributed by atoms with E-state index in [2.05, 4.69) is 27.7 Å². The normalized spacial score (nSPS) is 25.4. The zero-order valence-corrected chi connectivity index (χ0v) is 16.2. The molecule has 2 aromatic carbocycles. The maximum absolute atomic E-state index is 14.1. The van der Waals surface area contributed by atoms with Crippen molar-refractivity contribution in [1.82, 2.24) is 0 Å². The van der Waals surface area contributed by atoms with Crippen LogP contribution in [-0.2, 0) is 11.2 Å². The van der Waals surface area contributed by atoms with E-state index in [0.29, 0.717) is 12.0 Å². The molecule has 4 nitrogen and oxygen atoms in total. The molecule has 3 unspecified atom stereocenters. The smallest absolute Gasteiger partial charge is 0.247 e. The summed E-state index contributed by atoms with van der Waals surface area (Å²) in [5.74, 6) is 1.27. The molecule has 1 saturated carbocycles. The number of anilines is 3. The fourth-order valence-corrected chi connectivity index (χ4v) is 5.16. The Bertz CT molecular complexity index is 885. The Kier molecular flexibility index (Phi) is 4.26. The van der Waals surface area contributed by atoms with Crippen molar-refractivity contribution in [3.63, 3.8) is 0 Å². The average molecular weight is 379 g/mol. The van der Waals surface area contributed by atoms with Crippen molar-refractivity contribution in [1.29, 1.82) is 0 Å². The first kappa shape index (κ1) is 17.5. The van der Waals surface area contributed by atoms with E-state index in [9.17, 15) is 9.18 Å². The Morgan fingerprint density at radius 3 is 2.71 bits per heavy atom. The highest BCUT2D eigenvalue weighted by Gasteiger charge is 2.33. The lowest BCUT2D eigenvalue weighted by molar-refractivity contribution is -0.116. The van der Waals surface area contributed by atoms with Gasteiger partial charge in [0.1, 0.15) is 11.9 Å². The van der Waals surface area contributed by atoms with Gasteiger partial charge in [-0.15, -0.1) is 0 Å². The zero-order chi connectivity index (χ0) is 19.3. The second-order valence-corrected chi connectivity index (χ2v) is 8.61. The molecule has 2 aromatic rings. The maximum atomic E-state index is 14.1. The molecular formula is C23H26FN3O. The van der Waals surface area contributed by atoms with Crippen LogP contribution in [0.15, 0.2) is 36.4 Å². The molecule has 0 aromatic heterocycles. The number of rotatable bonds is 3. The van der Waals surface area contributed by atoms with Crippen LogP contribution in [0.2, 0.25) is 0 Å². The third-order valence-corrected chi connectivity index (χ3v) is 6.59. The fraction of sp³-hybridized carbons (Fsp3) is 0.435. The van der Waals surface area contributed by atoms with Gasteiger partial charge in [-0.05, 0) is 67.9 Å². The van der Waals surface area contributed by atoms with Gasteiger partial charge in [0.25, 0.3) is 0 Å². The molecule has 2 heterocycles. The standard InChI is InChI=1S/C23H26FN3O/c1-14-5-8-20(24)19-11-21(26-22(14)19)23(28)25-17-3-2-4-18(10-17)27-12-15-6-7-16(9-15)13-27/h2-5,8,10,15-16,21,26H,6-7,9,11-13H2,1H3,(H,25,28). The van der Waals surface area contributed by atoms with Crippen molar-refractivity contribution in [2.24, 2.45) is 11.8 Å². The lowest BCUT2D eigenvalue weighted by atomic mass is 9.98. The van der Waals surface area contributed by atoms with Crippen LogP contribution < -0.4 is 15.5 Å². The Hall–Kier alpha value is -2.56. The lowest BCUT2D eigenvalue weighted by Gasteiger charge is -2.33. The summed E-state index contributed by atoms with van der Waals surface area (Å²) in [5.41, 5.74) is 4.32. The number of amides is 1. The fourth-order valence-electron chi connectivity index (χ4n) is 5.16. The highest BCUT2D eigenvalue weighted by Crippen LogP contribution is 2.38. The van der Waals surface area contributed by atoms with Crippen LogP contribution in [0.1, 0.15) is 30.4 Å². The van der Waals surface area contributed by atoms with Crippen molar-refractivity contribution in [2.75, 3.05) is 28.6 Å². The molecule has 2 bridgehead atoms. The Labute approximate surface area is 165 Å².